The number of nitrogens with one attached hydrogen (secondary N) is 1. The summed E-state index contributed by atoms with van der Waals surface area (Å²) < 4.78 is 1.81. The highest BCUT2D eigenvalue weighted by Crippen LogP contribution is 2.27. The molecule has 0 bridgehead atoms. The summed E-state index contributed by atoms with van der Waals surface area (Å²) in [6.45, 7) is 5.42. The molecule has 3 heterocycles. The number of hydrogen-bond acceptors (Lipinski definition) is 4. The molecule has 3 rings (SSSR count). The lowest BCUT2D eigenvalue weighted by Gasteiger charge is -2.31. The van der Waals surface area contributed by atoms with Crippen LogP contribution in [0.4, 0.5) is 0 Å². The largest absolute Gasteiger partial charge is 0.394 e. The first-order chi connectivity index (χ1) is 10.7. The second kappa shape index (κ2) is 6.81. The van der Waals surface area contributed by atoms with E-state index in [1.807, 2.05) is 17.8 Å². The number of rotatable bonds is 5. The van der Waals surface area contributed by atoms with Crippen LogP contribution in [-0.2, 0) is 13.1 Å². The van der Waals surface area contributed by atoms with Crippen LogP contribution in [0.1, 0.15) is 35.8 Å². The van der Waals surface area contributed by atoms with Crippen molar-refractivity contribution in [2.24, 2.45) is 0 Å². The van der Waals surface area contributed by atoms with Crippen molar-refractivity contribution >= 4 is 11.6 Å². The molecule has 120 valence electrons. The Hall–Kier alpha value is -1.37. The van der Waals surface area contributed by atoms with E-state index in [9.17, 15) is 0 Å². The number of halogens is 1. The van der Waals surface area contributed by atoms with Gasteiger partial charge in [-0.05, 0) is 32.4 Å². The molecule has 6 nitrogen and oxygen atoms in total. The van der Waals surface area contributed by atoms with Gasteiger partial charge in [0, 0.05) is 25.2 Å². The second-order valence-electron chi connectivity index (χ2n) is 5.91. The van der Waals surface area contributed by atoms with Gasteiger partial charge in [-0.2, -0.15) is 10.2 Å². The van der Waals surface area contributed by atoms with E-state index >= 15 is 0 Å². The topological polar surface area (TPSA) is 70.0 Å². The summed E-state index contributed by atoms with van der Waals surface area (Å²) in [5.74, 6) is 0.438. The lowest BCUT2D eigenvalue weighted by molar-refractivity contribution is 0.195. The molecule has 7 heteroatoms. The Kier molecular flexibility index (Phi) is 4.81. The number of aromatic nitrogens is 4. The summed E-state index contributed by atoms with van der Waals surface area (Å²) in [4.78, 5) is 2.39. The van der Waals surface area contributed by atoms with E-state index in [2.05, 4.69) is 26.3 Å². The standard InChI is InChI=1S/C15H22ClN5O/c1-11-15(16)14(18-17-11)10-20-5-2-3-12(9-20)13-4-6-21(19-13)7-8-22/h4,6,12,22H,2-3,5,7-10H2,1H3,(H,17,18). The molecular weight excluding hydrogens is 302 g/mol. The molecule has 1 saturated heterocycles. The lowest BCUT2D eigenvalue weighted by Crippen LogP contribution is -2.34. The Bertz CT molecular complexity index is 623. The number of nitrogens with zero attached hydrogens (tertiary/aromatic N) is 4. The van der Waals surface area contributed by atoms with Gasteiger partial charge in [0.05, 0.1) is 35.3 Å². The van der Waals surface area contributed by atoms with Crippen LogP contribution in [0.5, 0.6) is 0 Å². The minimum atomic E-state index is 0.120. The molecule has 1 fully saturated rings. The molecule has 2 N–H and O–H groups in total. The highest BCUT2D eigenvalue weighted by molar-refractivity contribution is 6.31. The summed E-state index contributed by atoms with van der Waals surface area (Å²) >= 11 is 6.26. The molecule has 0 amide bonds. The number of hydrogen-bond donors (Lipinski definition) is 2. The van der Waals surface area contributed by atoms with Gasteiger partial charge in [0.25, 0.3) is 0 Å². The van der Waals surface area contributed by atoms with Gasteiger partial charge < -0.3 is 5.11 Å². The molecule has 1 aliphatic rings. The van der Waals surface area contributed by atoms with E-state index in [1.165, 1.54) is 0 Å². The Labute approximate surface area is 135 Å². The minimum Gasteiger partial charge on any atom is -0.394 e. The fourth-order valence-electron chi connectivity index (χ4n) is 3.05. The van der Waals surface area contributed by atoms with Crippen molar-refractivity contribution in [1.29, 1.82) is 0 Å². The third kappa shape index (κ3) is 3.34. The van der Waals surface area contributed by atoms with Gasteiger partial charge in [0.2, 0.25) is 0 Å². The van der Waals surface area contributed by atoms with Crippen molar-refractivity contribution in [3.05, 3.63) is 34.4 Å². The summed E-state index contributed by atoms with van der Waals surface area (Å²) in [5, 5.41) is 21.5. The van der Waals surface area contributed by atoms with E-state index in [0.717, 1.165) is 54.6 Å². The van der Waals surface area contributed by atoms with Crippen molar-refractivity contribution in [1.82, 2.24) is 24.9 Å². The molecule has 0 aromatic carbocycles. The van der Waals surface area contributed by atoms with Crippen molar-refractivity contribution < 1.29 is 5.11 Å². The van der Waals surface area contributed by atoms with E-state index < -0.39 is 0 Å². The number of aliphatic hydroxyl groups is 1. The maximum absolute atomic E-state index is 8.98. The summed E-state index contributed by atoms with van der Waals surface area (Å²) in [6.07, 6.45) is 4.25. The SMILES string of the molecule is Cc1[nH]nc(CN2CCCC(c3ccn(CCO)n3)C2)c1Cl. The van der Waals surface area contributed by atoms with Crippen LogP contribution in [0.15, 0.2) is 12.3 Å². The quantitative estimate of drug-likeness (QED) is 0.882. The van der Waals surface area contributed by atoms with Gasteiger partial charge in [0.1, 0.15) is 0 Å². The monoisotopic (exact) mass is 323 g/mol. The van der Waals surface area contributed by atoms with Crippen molar-refractivity contribution in [2.45, 2.75) is 38.8 Å². The minimum absolute atomic E-state index is 0.120. The first kappa shape index (κ1) is 15.5. The zero-order chi connectivity index (χ0) is 15.5. The van der Waals surface area contributed by atoms with Gasteiger partial charge in [-0.1, -0.05) is 11.6 Å². The van der Waals surface area contributed by atoms with E-state index in [4.69, 9.17) is 16.7 Å². The predicted octanol–water partition coefficient (Wildman–Crippen LogP) is 1.94. The van der Waals surface area contributed by atoms with Gasteiger partial charge >= 0.3 is 0 Å². The molecule has 1 atom stereocenters. The maximum atomic E-state index is 8.98. The Morgan fingerprint density at radius 3 is 3.09 bits per heavy atom. The highest BCUT2D eigenvalue weighted by Gasteiger charge is 2.24. The number of H-pyrrole nitrogens is 1. The molecule has 1 aliphatic heterocycles. The zero-order valence-electron chi connectivity index (χ0n) is 12.8. The Morgan fingerprint density at radius 2 is 2.36 bits per heavy atom. The van der Waals surface area contributed by atoms with Gasteiger partial charge in [-0.3, -0.25) is 14.7 Å². The molecule has 2 aromatic rings. The first-order valence-corrected chi connectivity index (χ1v) is 8.11. The van der Waals surface area contributed by atoms with Crippen LogP contribution in [0.25, 0.3) is 0 Å². The summed E-state index contributed by atoms with van der Waals surface area (Å²) in [6, 6.07) is 2.06. The second-order valence-corrected chi connectivity index (χ2v) is 6.29. The normalized spacial score (nSPS) is 19.7. The fraction of sp³-hybridized carbons (Fsp3) is 0.600. The van der Waals surface area contributed by atoms with Gasteiger partial charge in [-0.15, -0.1) is 0 Å². The van der Waals surface area contributed by atoms with Crippen LogP contribution in [0, 0.1) is 6.92 Å². The predicted molar refractivity (Wildman–Crippen MR) is 84.9 cm³/mol. The maximum Gasteiger partial charge on any atom is 0.0951 e. The lowest BCUT2D eigenvalue weighted by atomic mass is 9.95. The number of aliphatic hydroxyl groups excluding tert-OH is 1. The molecule has 0 radical (unpaired) electrons. The average molecular weight is 324 g/mol. The molecule has 0 aliphatic carbocycles. The summed E-state index contributed by atoms with van der Waals surface area (Å²) in [7, 11) is 0. The number of piperidine rings is 1. The van der Waals surface area contributed by atoms with Gasteiger partial charge in [0.15, 0.2) is 0 Å². The summed E-state index contributed by atoms with van der Waals surface area (Å²) in [5.41, 5.74) is 2.96. The first-order valence-electron chi connectivity index (χ1n) is 7.73. The molecular formula is C15H22ClN5O. The molecule has 0 saturated carbocycles. The molecule has 2 aromatic heterocycles. The van der Waals surface area contributed by atoms with Crippen LogP contribution in [-0.4, -0.2) is 49.7 Å². The van der Waals surface area contributed by atoms with Gasteiger partial charge in [-0.25, -0.2) is 0 Å². The molecule has 1 unspecified atom stereocenters. The number of aromatic amines is 1. The van der Waals surface area contributed by atoms with Crippen LogP contribution >= 0.6 is 11.6 Å². The average Bonchev–Trinajstić information content (AvgIpc) is 3.10. The smallest absolute Gasteiger partial charge is 0.0951 e. The Morgan fingerprint density at radius 1 is 1.50 bits per heavy atom. The molecule has 0 spiro atoms. The van der Waals surface area contributed by atoms with E-state index in [0.29, 0.717) is 12.5 Å². The van der Waals surface area contributed by atoms with Crippen molar-refractivity contribution in [3.8, 4) is 0 Å². The van der Waals surface area contributed by atoms with Crippen molar-refractivity contribution in [2.75, 3.05) is 19.7 Å². The number of likely N-dealkylation sites (tertiary alicyclic amines) is 1. The third-order valence-corrected chi connectivity index (χ3v) is 4.73. The fourth-order valence-corrected chi connectivity index (χ4v) is 3.19. The third-order valence-electron chi connectivity index (χ3n) is 4.23. The van der Waals surface area contributed by atoms with E-state index in [-0.39, 0.29) is 6.61 Å². The zero-order valence-corrected chi connectivity index (χ0v) is 13.6. The number of aryl methyl sites for hydroxylation is 1. The van der Waals surface area contributed by atoms with Crippen LogP contribution < -0.4 is 0 Å². The molecule has 22 heavy (non-hydrogen) atoms. The Balaban J connectivity index is 1.64. The van der Waals surface area contributed by atoms with Crippen molar-refractivity contribution in [3.63, 3.8) is 0 Å². The van der Waals surface area contributed by atoms with Crippen LogP contribution in [0.2, 0.25) is 5.02 Å². The van der Waals surface area contributed by atoms with E-state index in [1.54, 1.807) is 0 Å². The van der Waals surface area contributed by atoms with Crippen LogP contribution in [0.3, 0.4) is 0 Å². The highest BCUT2D eigenvalue weighted by atomic mass is 35.5.